The molecule has 0 fully saturated rings. The Bertz CT molecular complexity index is 671. The molecule has 0 spiro atoms. The first-order chi connectivity index (χ1) is 10.3. The van der Waals surface area contributed by atoms with E-state index in [4.69, 9.17) is 0 Å². The van der Waals surface area contributed by atoms with E-state index in [1.54, 1.807) is 23.9 Å². The van der Waals surface area contributed by atoms with Gasteiger partial charge in [-0.1, -0.05) is 25.5 Å². The van der Waals surface area contributed by atoms with E-state index in [9.17, 15) is 0 Å². The fourth-order valence-corrected chi connectivity index (χ4v) is 3.04. The summed E-state index contributed by atoms with van der Waals surface area (Å²) in [5.74, 6) is 0. The summed E-state index contributed by atoms with van der Waals surface area (Å²) in [6.45, 7) is 2.98. The van der Waals surface area contributed by atoms with Crippen LogP contribution in [0.3, 0.4) is 0 Å². The maximum Gasteiger partial charge on any atom is 0.183 e. The van der Waals surface area contributed by atoms with E-state index in [-0.39, 0.29) is 0 Å². The molecule has 2 aromatic heterocycles. The van der Waals surface area contributed by atoms with Gasteiger partial charge >= 0.3 is 0 Å². The first-order valence-electron chi connectivity index (χ1n) is 7.11. The van der Waals surface area contributed by atoms with Crippen molar-refractivity contribution >= 4 is 16.5 Å². The van der Waals surface area contributed by atoms with Crippen LogP contribution in [0.15, 0.2) is 49.2 Å². The summed E-state index contributed by atoms with van der Waals surface area (Å²) < 4.78 is 2.00. The molecule has 0 saturated carbocycles. The third-order valence-electron chi connectivity index (χ3n) is 3.23. The van der Waals surface area contributed by atoms with Gasteiger partial charge in [-0.2, -0.15) is 0 Å². The van der Waals surface area contributed by atoms with E-state index < -0.39 is 0 Å². The van der Waals surface area contributed by atoms with Gasteiger partial charge in [0.15, 0.2) is 5.13 Å². The molecule has 5 heteroatoms. The average Bonchev–Trinajstić information content (AvgIpc) is 3.18. The van der Waals surface area contributed by atoms with Crippen LogP contribution in [0.2, 0.25) is 0 Å². The Kier molecular flexibility index (Phi) is 4.31. The van der Waals surface area contributed by atoms with Crippen molar-refractivity contribution < 1.29 is 0 Å². The van der Waals surface area contributed by atoms with E-state index in [1.807, 2.05) is 17.0 Å². The number of nitrogens with one attached hydrogen (secondary N) is 1. The molecular weight excluding hydrogens is 280 g/mol. The molecule has 0 radical (unpaired) electrons. The molecule has 0 atom stereocenters. The Morgan fingerprint density at radius 2 is 2.10 bits per heavy atom. The molecule has 0 aliphatic rings. The zero-order chi connectivity index (χ0) is 14.5. The second-order valence-corrected chi connectivity index (χ2v) is 5.99. The van der Waals surface area contributed by atoms with E-state index in [0.29, 0.717) is 0 Å². The minimum atomic E-state index is 0.795. The number of rotatable bonds is 6. The topological polar surface area (TPSA) is 42.7 Å². The minimum Gasteiger partial charge on any atom is -0.357 e. The highest BCUT2D eigenvalue weighted by molar-refractivity contribution is 7.15. The van der Waals surface area contributed by atoms with Crippen molar-refractivity contribution in [1.82, 2.24) is 14.5 Å². The molecule has 1 aromatic carbocycles. The summed E-state index contributed by atoms with van der Waals surface area (Å²) in [7, 11) is 0. The van der Waals surface area contributed by atoms with Crippen LogP contribution in [-0.2, 0) is 13.0 Å². The maximum atomic E-state index is 4.40. The van der Waals surface area contributed by atoms with Crippen molar-refractivity contribution in [2.45, 2.75) is 26.3 Å². The number of hydrogen-bond acceptors (Lipinski definition) is 4. The van der Waals surface area contributed by atoms with Crippen molar-refractivity contribution in [3.05, 3.63) is 59.6 Å². The third kappa shape index (κ3) is 3.49. The second-order valence-electron chi connectivity index (χ2n) is 4.87. The normalized spacial score (nSPS) is 10.7. The van der Waals surface area contributed by atoms with E-state index in [2.05, 4.69) is 46.5 Å². The summed E-state index contributed by atoms with van der Waals surface area (Å²) >= 11 is 1.74. The number of imidazole rings is 1. The number of nitrogens with zero attached hydrogens (tertiary/aromatic N) is 3. The molecule has 1 N–H and O–H groups in total. The van der Waals surface area contributed by atoms with Crippen LogP contribution in [0.1, 0.15) is 23.8 Å². The highest BCUT2D eigenvalue weighted by Gasteiger charge is 2.01. The Labute approximate surface area is 128 Å². The first-order valence-corrected chi connectivity index (χ1v) is 7.92. The van der Waals surface area contributed by atoms with Crippen molar-refractivity contribution in [2.75, 3.05) is 5.32 Å². The van der Waals surface area contributed by atoms with Gasteiger partial charge in [0.25, 0.3) is 0 Å². The van der Waals surface area contributed by atoms with E-state index in [1.165, 1.54) is 10.4 Å². The van der Waals surface area contributed by atoms with E-state index in [0.717, 1.165) is 30.2 Å². The molecule has 0 saturated heterocycles. The summed E-state index contributed by atoms with van der Waals surface area (Å²) in [5.41, 5.74) is 2.36. The van der Waals surface area contributed by atoms with Gasteiger partial charge < -0.3 is 9.88 Å². The van der Waals surface area contributed by atoms with Crippen LogP contribution in [-0.4, -0.2) is 14.5 Å². The van der Waals surface area contributed by atoms with Crippen LogP contribution in [0.4, 0.5) is 5.13 Å². The first kappa shape index (κ1) is 13.8. The molecule has 0 aliphatic heterocycles. The van der Waals surface area contributed by atoms with Crippen molar-refractivity contribution in [3.8, 4) is 5.69 Å². The van der Waals surface area contributed by atoms with Crippen molar-refractivity contribution in [1.29, 1.82) is 0 Å². The molecule has 0 bridgehead atoms. The zero-order valence-electron chi connectivity index (χ0n) is 12.0. The van der Waals surface area contributed by atoms with Gasteiger partial charge in [-0.15, -0.1) is 11.3 Å². The lowest BCUT2D eigenvalue weighted by Gasteiger charge is -2.05. The largest absolute Gasteiger partial charge is 0.357 e. The van der Waals surface area contributed by atoms with E-state index >= 15 is 0 Å². The molecule has 108 valence electrons. The van der Waals surface area contributed by atoms with Crippen LogP contribution < -0.4 is 5.32 Å². The highest BCUT2D eigenvalue weighted by atomic mass is 32.1. The Morgan fingerprint density at radius 1 is 1.24 bits per heavy atom. The van der Waals surface area contributed by atoms with Crippen molar-refractivity contribution in [3.63, 3.8) is 0 Å². The standard InChI is InChI=1S/C16H18N4S/c1-2-3-15-11-19-16(21-15)18-10-13-4-6-14(7-5-13)20-9-8-17-12-20/h4-9,11-12H,2-3,10H2,1H3,(H,18,19). The lowest BCUT2D eigenvalue weighted by Crippen LogP contribution is -1.99. The summed E-state index contributed by atoms with van der Waals surface area (Å²) in [5, 5.41) is 4.38. The number of hydrogen-bond donors (Lipinski definition) is 1. The molecule has 0 aliphatic carbocycles. The smallest absolute Gasteiger partial charge is 0.183 e. The van der Waals surface area contributed by atoms with Gasteiger partial charge in [0, 0.05) is 35.7 Å². The third-order valence-corrected chi connectivity index (χ3v) is 4.25. The molecule has 0 unspecified atom stereocenters. The number of benzene rings is 1. The highest BCUT2D eigenvalue weighted by Crippen LogP contribution is 2.20. The van der Waals surface area contributed by atoms with Crippen LogP contribution in [0.5, 0.6) is 0 Å². The summed E-state index contributed by atoms with van der Waals surface area (Å²) in [6.07, 6.45) is 9.77. The monoisotopic (exact) mass is 298 g/mol. The van der Waals surface area contributed by atoms with Crippen molar-refractivity contribution in [2.24, 2.45) is 0 Å². The Hall–Kier alpha value is -2.14. The van der Waals surface area contributed by atoms with Gasteiger partial charge in [-0.05, 0) is 24.1 Å². The van der Waals surface area contributed by atoms with Gasteiger partial charge in [-0.25, -0.2) is 9.97 Å². The predicted molar refractivity (Wildman–Crippen MR) is 87.0 cm³/mol. The number of anilines is 1. The van der Waals surface area contributed by atoms with Gasteiger partial charge in [0.2, 0.25) is 0 Å². The number of thiazole rings is 1. The molecule has 21 heavy (non-hydrogen) atoms. The molecule has 3 aromatic rings. The van der Waals surface area contributed by atoms with Gasteiger partial charge in [-0.3, -0.25) is 0 Å². The summed E-state index contributed by atoms with van der Waals surface area (Å²) in [4.78, 5) is 9.80. The van der Waals surface area contributed by atoms with Crippen LogP contribution in [0.25, 0.3) is 5.69 Å². The SMILES string of the molecule is CCCc1cnc(NCc2ccc(-n3ccnc3)cc2)s1. The number of aromatic nitrogens is 3. The van der Waals surface area contributed by atoms with Gasteiger partial charge in [0.1, 0.15) is 0 Å². The molecule has 3 rings (SSSR count). The fourth-order valence-electron chi connectivity index (χ4n) is 2.13. The maximum absolute atomic E-state index is 4.40. The predicted octanol–water partition coefficient (Wildman–Crippen LogP) is 3.89. The molecular formula is C16H18N4S. The number of aryl methyl sites for hydroxylation is 1. The Balaban J connectivity index is 1.60. The molecule has 0 amide bonds. The van der Waals surface area contributed by atoms with Crippen LogP contribution >= 0.6 is 11.3 Å². The quantitative estimate of drug-likeness (QED) is 0.750. The Morgan fingerprint density at radius 3 is 2.81 bits per heavy atom. The fraction of sp³-hybridized carbons (Fsp3) is 0.250. The van der Waals surface area contributed by atoms with Crippen LogP contribution in [0, 0.1) is 0 Å². The second kappa shape index (κ2) is 6.54. The molecule has 4 nitrogen and oxygen atoms in total. The van der Waals surface area contributed by atoms with Gasteiger partial charge in [0.05, 0.1) is 6.33 Å². The summed E-state index contributed by atoms with van der Waals surface area (Å²) in [6, 6.07) is 8.46. The lowest BCUT2D eigenvalue weighted by atomic mass is 10.2. The minimum absolute atomic E-state index is 0.795. The zero-order valence-corrected chi connectivity index (χ0v) is 12.8. The molecule has 2 heterocycles. The average molecular weight is 298 g/mol. The lowest BCUT2D eigenvalue weighted by molar-refractivity contribution is 0.936.